The number of hydrogen-bond acceptors (Lipinski definition) is 4. The highest BCUT2D eigenvalue weighted by Gasteiger charge is 2.11. The highest BCUT2D eigenvalue weighted by Crippen LogP contribution is 2.32. The van der Waals surface area contributed by atoms with Crippen molar-refractivity contribution in [1.29, 1.82) is 0 Å². The molecule has 5 nitrogen and oxygen atoms in total. The number of rotatable bonds is 7. The molecule has 0 radical (unpaired) electrons. The summed E-state index contributed by atoms with van der Waals surface area (Å²) in [4.78, 5) is 12.2. The van der Waals surface area contributed by atoms with Crippen molar-refractivity contribution in [3.63, 3.8) is 0 Å². The molecule has 5 heteroatoms. The number of carbonyl (C=O) groups is 1. The van der Waals surface area contributed by atoms with Crippen molar-refractivity contribution in [1.82, 2.24) is 5.32 Å². The zero-order valence-corrected chi connectivity index (χ0v) is 14.6. The molecule has 1 atom stereocenters. The van der Waals surface area contributed by atoms with Gasteiger partial charge in [0.25, 0.3) is 0 Å². The molecule has 1 amide bonds. The first-order valence-corrected chi connectivity index (χ1v) is 7.86. The van der Waals surface area contributed by atoms with Crippen LogP contribution in [-0.2, 0) is 4.79 Å². The Hall–Kier alpha value is -2.69. The summed E-state index contributed by atoms with van der Waals surface area (Å²) in [6, 6.07) is 13.6. The fourth-order valence-electron chi connectivity index (χ4n) is 2.46. The molecule has 0 aliphatic rings. The molecule has 0 spiro atoms. The third-order valence-electron chi connectivity index (χ3n) is 3.85. The lowest BCUT2D eigenvalue weighted by Crippen LogP contribution is -2.32. The standard InChI is InChI=1S/C19H24N2O3/c1-13-10-17(23-3)18(24-4)11-16(13)20-12-19(22)21-14(2)15-8-6-5-7-9-15/h5-11,14,20H,12H2,1-4H3,(H,21,22)/t14-/m1/s1. The smallest absolute Gasteiger partial charge is 0.239 e. The van der Waals surface area contributed by atoms with Crippen LogP contribution in [0.25, 0.3) is 0 Å². The summed E-state index contributed by atoms with van der Waals surface area (Å²) in [5.41, 5.74) is 2.90. The summed E-state index contributed by atoms with van der Waals surface area (Å²) >= 11 is 0. The molecule has 0 saturated heterocycles. The Labute approximate surface area is 143 Å². The molecular weight excluding hydrogens is 304 g/mol. The number of benzene rings is 2. The van der Waals surface area contributed by atoms with Crippen LogP contribution in [0.4, 0.5) is 5.69 Å². The van der Waals surface area contributed by atoms with E-state index < -0.39 is 0 Å². The number of hydrogen-bond donors (Lipinski definition) is 2. The van der Waals surface area contributed by atoms with Gasteiger partial charge < -0.3 is 20.1 Å². The Balaban J connectivity index is 1.96. The number of amides is 1. The molecule has 0 aliphatic carbocycles. The molecule has 0 saturated carbocycles. The first-order valence-electron chi connectivity index (χ1n) is 7.86. The van der Waals surface area contributed by atoms with E-state index in [1.54, 1.807) is 14.2 Å². The molecule has 0 aromatic heterocycles. The van der Waals surface area contributed by atoms with Crippen LogP contribution in [0, 0.1) is 6.92 Å². The second-order valence-corrected chi connectivity index (χ2v) is 5.58. The van der Waals surface area contributed by atoms with Crippen molar-refractivity contribution in [2.24, 2.45) is 0 Å². The van der Waals surface area contributed by atoms with Gasteiger partial charge in [-0.2, -0.15) is 0 Å². The van der Waals surface area contributed by atoms with Gasteiger partial charge >= 0.3 is 0 Å². The summed E-state index contributed by atoms with van der Waals surface area (Å²) in [5.74, 6) is 1.23. The van der Waals surface area contributed by atoms with Crippen LogP contribution in [0.1, 0.15) is 24.1 Å². The van der Waals surface area contributed by atoms with Gasteiger partial charge in [0.05, 0.1) is 26.8 Å². The van der Waals surface area contributed by atoms with Gasteiger partial charge in [-0.3, -0.25) is 4.79 Å². The fraction of sp³-hybridized carbons (Fsp3) is 0.316. The molecule has 2 aromatic rings. The maximum atomic E-state index is 12.2. The van der Waals surface area contributed by atoms with Gasteiger partial charge in [0, 0.05) is 11.8 Å². The summed E-state index contributed by atoms with van der Waals surface area (Å²) in [6.07, 6.45) is 0. The normalized spacial score (nSPS) is 11.5. The number of anilines is 1. The van der Waals surface area contributed by atoms with Gasteiger partial charge in [0.1, 0.15) is 0 Å². The van der Waals surface area contributed by atoms with Crippen molar-refractivity contribution in [3.8, 4) is 11.5 Å². The van der Waals surface area contributed by atoms with Gasteiger partial charge in [-0.1, -0.05) is 30.3 Å². The Bertz CT molecular complexity index is 687. The molecule has 0 fully saturated rings. The number of ether oxygens (including phenoxy) is 2. The van der Waals surface area contributed by atoms with E-state index in [2.05, 4.69) is 10.6 Å². The number of aryl methyl sites for hydroxylation is 1. The van der Waals surface area contributed by atoms with Crippen molar-refractivity contribution >= 4 is 11.6 Å². The molecular formula is C19H24N2O3. The molecule has 0 heterocycles. The van der Waals surface area contributed by atoms with E-state index in [0.29, 0.717) is 11.5 Å². The fourth-order valence-corrected chi connectivity index (χ4v) is 2.46. The molecule has 0 bridgehead atoms. The van der Waals surface area contributed by atoms with E-state index in [1.165, 1.54) is 0 Å². The minimum absolute atomic E-state index is 0.0352. The van der Waals surface area contributed by atoms with E-state index in [0.717, 1.165) is 16.8 Å². The van der Waals surface area contributed by atoms with Crippen molar-refractivity contribution in [2.45, 2.75) is 19.9 Å². The SMILES string of the molecule is COc1cc(C)c(NCC(=O)N[C@H](C)c2ccccc2)cc1OC. The van der Waals surface area contributed by atoms with Crippen molar-refractivity contribution in [2.75, 3.05) is 26.1 Å². The van der Waals surface area contributed by atoms with Gasteiger partial charge in [-0.05, 0) is 31.0 Å². The second-order valence-electron chi connectivity index (χ2n) is 5.58. The average Bonchev–Trinajstić information content (AvgIpc) is 2.61. The lowest BCUT2D eigenvalue weighted by atomic mass is 10.1. The maximum Gasteiger partial charge on any atom is 0.239 e. The molecule has 2 aromatic carbocycles. The largest absolute Gasteiger partial charge is 0.493 e. The van der Waals surface area contributed by atoms with Crippen LogP contribution in [0.2, 0.25) is 0 Å². The van der Waals surface area contributed by atoms with Gasteiger partial charge in [0.15, 0.2) is 11.5 Å². The van der Waals surface area contributed by atoms with Gasteiger partial charge in [-0.15, -0.1) is 0 Å². The molecule has 128 valence electrons. The second kappa shape index (κ2) is 8.24. The maximum absolute atomic E-state index is 12.2. The number of methoxy groups -OCH3 is 2. The lowest BCUT2D eigenvalue weighted by molar-refractivity contribution is -0.120. The summed E-state index contributed by atoms with van der Waals surface area (Å²) < 4.78 is 10.6. The van der Waals surface area contributed by atoms with Gasteiger partial charge in [-0.25, -0.2) is 0 Å². The Morgan fingerprint density at radius 3 is 2.33 bits per heavy atom. The third-order valence-corrected chi connectivity index (χ3v) is 3.85. The first kappa shape index (κ1) is 17.7. The van der Waals surface area contributed by atoms with Crippen LogP contribution >= 0.6 is 0 Å². The van der Waals surface area contributed by atoms with Crippen molar-refractivity contribution < 1.29 is 14.3 Å². The van der Waals surface area contributed by atoms with E-state index in [-0.39, 0.29) is 18.5 Å². The molecule has 2 N–H and O–H groups in total. The summed E-state index contributed by atoms with van der Waals surface area (Å²) in [6.45, 7) is 4.11. The minimum Gasteiger partial charge on any atom is -0.493 e. The van der Waals surface area contributed by atoms with E-state index >= 15 is 0 Å². The average molecular weight is 328 g/mol. The zero-order chi connectivity index (χ0) is 17.5. The molecule has 24 heavy (non-hydrogen) atoms. The highest BCUT2D eigenvalue weighted by molar-refractivity contribution is 5.81. The van der Waals surface area contributed by atoms with E-state index in [1.807, 2.05) is 56.3 Å². The van der Waals surface area contributed by atoms with Crippen molar-refractivity contribution in [3.05, 3.63) is 53.6 Å². The predicted molar refractivity (Wildman–Crippen MR) is 95.8 cm³/mol. The third kappa shape index (κ3) is 4.41. The Morgan fingerprint density at radius 1 is 1.08 bits per heavy atom. The monoisotopic (exact) mass is 328 g/mol. The van der Waals surface area contributed by atoms with Gasteiger partial charge in [0.2, 0.25) is 5.91 Å². The summed E-state index contributed by atoms with van der Waals surface area (Å²) in [7, 11) is 3.19. The summed E-state index contributed by atoms with van der Waals surface area (Å²) in [5, 5.41) is 6.13. The van der Waals surface area contributed by atoms with Crippen LogP contribution in [0.5, 0.6) is 11.5 Å². The minimum atomic E-state index is -0.0689. The molecule has 0 unspecified atom stereocenters. The zero-order valence-electron chi connectivity index (χ0n) is 14.6. The van der Waals surface area contributed by atoms with Crippen LogP contribution in [0.15, 0.2) is 42.5 Å². The van der Waals surface area contributed by atoms with E-state index in [9.17, 15) is 4.79 Å². The number of carbonyl (C=O) groups excluding carboxylic acids is 1. The first-order chi connectivity index (χ1) is 11.5. The number of nitrogens with one attached hydrogen (secondary N) is 2. The van der Waals surface area contributed by atoms with Crippen LogP contribution < -0.4 is 20.1 Å². The Kier molecular flexibility index (Phi) is 6.07. The highest BCUT2D eigenvalue weighted by atomic mass is 16.5. The van der Waals surface area contributed by atoms with Crippen LogP contribution in [-0.4, -0.2) is 26.7 Å². The van der Waals surface area contributed by atoms with Crippen LogP contribution in [0.3, 0.4) is 0 Å². The predicted octanol–water partition coefficient (Wildman–Crippen LogP) is 3.30. The van der Waals surface area contributed by atoms with E-state index in [4.69, 9.17) is 9.47 Å². The molecule has 0 aliphatic heterocycles. The lowest BCUT2D eigenvalue weighted by Gasteiger charge is -2.17. The molecule has 2 rings (SSSR count). The Morgan fingerprint density at radius 2 is 1.71 bits per heavy atom. The topological polar surface area (TPSA) is 59.6 Å². The quantitative estimate of drug-likeness (QED) is 0.819.